The van der Waals surface area contributed by atoms with Gasteiger partial charge in [-0.15, -0.1) is 0 Å². The van der Waals surface area contributed by atoms with E-state index in [1.165, 1.54) is 0 Å². The number of aromatic nitrogens is 3. The maximum atomic E-state index is 12.2. The van der Waals surface area contributed by atoms with Crippen LogP contribution in [0.5, 0.6) is 0 Å². The van der Waals surface area contributed by atoms with Crippen LogP contribution in [0.4, 0.5) is 5.82 Å². The molecule has 2 aromatic heterocycles. The molecule has 2 heterocycles. The molecule has 3 rings (SSSR count). The number of pyridine rings is 1. The quantitative estimate of drug-likeness (QED) is 0.735. The minimum Gasteiger partial charge on any atom is -0.334 e. The summed E-state index contributed by atoms with van der Waals surface area (Å²) in [5.41, 5.74) is 1.81. The monoisotopic (exact) mass is 320 g/mol. The zero-order chi connectivity index (χ0) is 15.0. The summed E-state index contributed by atoms with van der Waals surface area (Å²) in [6.45, 7) is 0. The Kier molecular flexibility index (Phi) is 3.53. The van der Waals surface area contributed by atoms with Crippen LogP contribution in [-0.2, 0) is 7.05 Å². The molecule has 0 aliphatic heterocycles. The molecule has 0 spiro atoms. The number of nitrogens with one attached hydrogen (secondary N) is 1. The molecule has 0 aliphatic carbocycles. The van der Waals surface area contributed by atoms with Crippen LogP contribution in [0, 0.1) is 0 Å². The summed E-state index contributed by atoms with van der Waals surface area (Å²) >= 11 is 11.9. The second kappa shape index (κ2) is 5.35. The van der Waals surface area contributed by atoms with Crippen molar-refractivity contribution in [2.45, 2.75) is 0 Å². The molecule has 1 amide bonds. The number of amides is 1. The van der Waals surface area contributed by atoms with Gasteiger partial charge in [0.1, 0.15) is 10.7 Å². The van der Waals surface area contributed by atoms with Gasteiger partial charge in [-0.3, -0.25) is 4.79 Å². The molecular formula is C14H10Cl2N4O. The highest BCUT2D eigenvalue weighted by atomic mass is 35.5. The van der Waals surface area contributed by atoms with Crippen LogP contribution in [0.25, 0.3) is 11.0 Å². The number of carbonyl (C=O) groups excluding carboxylic acids is 1. The van der Waals surface area contributed by atoms with Crippen molar-refractivity contribution >= 4 is 46.0 Å². The second-order valence-corrected chi connectivity index (χ2v) is 5.30. The Morgan fingerprint density at radius 1 is 1.29 bits per heavy atom. The van der Waals surface area contributed by atoms with E-state index in [4.69, 9.17) is 23.2 Å². The van der Waals surface area contributed by atoms with Crippen molar-refractivity contribution in [1.82, 2.24) is 14.5 Å². The number of fused-ring (bicyclic) bond motifs is 1. The number of imidazole rings is 1. The smallest absolute Gasteiger partial charge is 0.256 e. The third-order valence-electron chi connectivity index (χ3n) is 3.00. The van der Waals surface area contributed by atoms with E-state index in [0.717, 1.165) is 5.52 Å². The summed E-state index contributed by atoms with van der Waals surface area (Å²) in [4.78, 5) is 20.6. The van der Waals surface area contributed by atoms with Crippen molar-refractivity contribution in [2.75, 3.05) is 5.32 Å². The highest BCUT2D eigenvalue weighted by molar-refractivity contribution is 6.31. The molecule has 1 N–H and O–H groups in total. The van der Waals surface area contributed by atoms with Crippen molar-refractivity contribution in [3.8, 4) is 0 Å². The minimum atomic E-state index is -0.320. The van der Waals surface area contributed by atoms with Crippen LogP contribution in [-0.4, -0.2) is 20.4 Å². The highest BCUT2D eigenvalue weighted by Crippen LogP contribution is 2.24. The predicted octanol–water partition coefficient (Wildman–Crippen LogP) is 3.53. The first kappa shape index (κ1) is 13.9. The lowest BCUT2D eigenvalue weighted by Crippen LogP contribution is -2.13. The van der Waals surface area contributed by atoms with Crippen molar-refractivity contribution < 1.29 is 4.79 Å². The summed E-state index contributed by atoms with van der Waals surface area (Å²) in [6.07, 6.45) is 1.64. The van der Waals surface area contributed by atoms with Gasteiger partial charge < -0.3 is 9.88 Å². The van der Waals surface area contributed by atoms with Crippen LogP contribution in [0.1, 0.15) is 10.4 Å². The van der Waals surface area contributed by atoms with E-state index < -0.39 is 0 Å². The molecule has 0 bridgehead atoms. The number of nitrogens with zero attached hydrogens (tertiary/aromatic N) is 3. The van der Waals surface area contributed by atoms with Crippen LogP contribution in [0.3, 0.4) is 0 Å². The Hall–Kier alpha value is -2.11. The van der Waals surface area contributed by atoms with Gasteiger partial charge in [-0.2, -0.15) is 0 Å². The van der Waals surface area contributed by atoms with Gasteiger partial charge in [-0.25, -0.2) is 9.97 Å². The average Bonchev–Trinajstić information content (AvgIpc) is 2.80. The Labute approximate surface area is 130 Å². The molecule has 5 nitrogen and oxygen atoms in total. The van der Waals surface area contributed by atoms with Gasteiger partial charge in [0.2, 0.25) is 0 Å². The summed E-state index contributed by atoms with van der Waals surface area (Å²) in [5, 5.41) is 3.49. The van der Waals surface area contributed by atoms with Gasteiger partial charge in [0.15, 0.2) is 5.82 Å². The van der Waals surface area contributed by atoms with Crippen LogP contribution < -0.4 is 5.32 Å². The summed E-state index contributed by atoms with van der Waals surface area (Å²) in [7, 11) is 1.84. The van der Waals surface area contributed by atoms with Gasteiger partial charge in [-0.1, -0.05) is 29.3 Å². The largest absolute Gasteiger partial charge is 0.334 e. The Bertz CT molecular complexity index is 844. The number of aryl methyl sites for hydroxylation is 1. The van der Waals surface area contributed by atoms with E-state index in [9.17, 15) is 4.79 Å². The second-order valence-electron chi connectivity index (χ2n) is 4.48. The lowest BCUT2D eigenvalue weighted by Gasteiger charge is -2.06. The molecule has 0 aliphatic rings. The maximum Gasteiger partial charge on any atom is 0.256 e. The third kappa shape index (κ3) is 2.70. The fraction of sp³-hybridized carbons (Fsp3) is 0.0714. The minimum absolute atomic E-state index is 0.285. The first-order chi connectivity index (χ1) is 10.0. The van der Waals surface area contributed by atoms with Gasteiger partial charge in [0.05, 0.1) is 11.8 Å². The zero-order valence-electron chi connectivity index (χ0n) is 11.0. The van der Waals surface area contributed by atoms with Crippen molar-refractivity contribution in [1.29, 1.82) is 0 Å². The molecule has 0 unspecified atom stereocenters. The van der Waals surface area contributed by atoms with Crippen LogP contribution in [0.2, 0.25) is 10.2 Å². The molecule has 3 aromatic rings. The Morgan fingerprint density at radius 2 is 2.10 bits per heavy atom. The number of anilines is 1. The third-order valence-corrected chi connectivity index (χ3v) is 3.43. The van der Waals surface area contributed by atoms with Crippen LogP contribution in [0.15, 0.2) is 36.7 Å². The van der Waals surface area contributed by atoms with E-state index in [0.29, 0.717) is 21.9 Å². The molecule has 0 fully saturated rings. The van der Waals surface area contributed by atoms with Crippen molar-refractivity contribution in [2.24, 2.45) is 7.05 Å². The number of hydrogen-bond donors (Lipinski definition) is 1. The van der Waals surface area contributed by atoms with E-state index in [-0.39, 0.29) is 11.1 Å². The number of carbonyl (C=O) groups is 1. The lowest BCUT2D eigenvalue weighted by atomic mass is 10.2. The SMILES string of the molecule is Cn1cnc2c(NC(=O)c3cccc(Cl)c3)nc(Cl)cc21. The topological polar surface area (TPSA) is 59.8 Å². The Balaban J connectivity index is 2.00. The normalized spacial score (nSPS) is 10.8. The number of halogens is 2. The number of rotatable bonds is 2. The van der Waals surface area contributed by atoms with E-state index >= 15 is 0 Å². The highest BCUT2D eigenvalue weighted by Gasteiger charge is 2.13. The van der Waals surface area contributed by atoms with Gasteiger partial charge in [-0.05, 0) is 18.2 Å². The number of benzene rings is 1. The zero-order valence-corrected chi connectivity index (χ0v) is 12.5. The average molecular weight is 321 g/mol. The summed E-state index contributed by atoms with van der Waals surface area (Å²) in [6, 6.07) is 8.35. The first-order valence-electron chi connectivity index (χ1n) is 6.09. The van der Waals surface area contributed by atoms with Gasteiger partial charge in [0.25, 0.3) is 5.91 Å². The molecule has 21 heavy (non-hydrogen) atoms. The molecule has 0 saturated heterocycles. The summed E-state index contributed by atoms with van der Waals surface area (Å²) in [5.74, 6) is 0.00213. The molecule has 7 heteroatoms. The fourth-order valence-corrected chi connectivity index (χ4v) is 2.37. The number of hydrogen-bond acceptors (Lipinski definition) is 3. The first-order valence-corrected chi connectivity index (χ1v) is 6.84. The van der Waals surface area contributed by atoms with Crippen molar-refractivity contribution in [3.63, 3.8) is 0 Å². The van der Waals surface area contributed by atoms with Crippen LogP contribution >= 0.6 is 23.2 Å². The standard InChI is InChI=1S/C14H10Cl2N4O/c1-20-7-17-12-10(20)6-11(16)18-13(12)19-14(21)8-3-2-4-9(15)5-8/h2-7H,1H3,(H,18,19,21). The molecule has 0 radical (unpaired) electrons. The molecule has 1 aromatic carbocycles. The van der Waals surface area contributed by atoms with Crippen molar-refractivity contribution in [3.05, 3.63) is 52.4 Å². The Morgan fingerprint density at radius 3 is 2.86 bits per heavy atom. The molecular weight excluding hydrogens is 311 g/mol. The van der Waals surface area contributed by atoms with E-state index in [2.05, 4.69) is 15.3 Å². The summed E-state index contributed by atoms with van der Waals surface area (Å²) < 4.78 is 1.80. The van der Waals surface area contributed by atoms with E-state index in [1.807, 2.05) is 7.05 Å². The van der Waals surface area contributed by atoms with Gasteiger partial charge in [0, 0.05) is 23.7 Å². The predicted molar refractivity (Wildman–Crippen MR) is 82.9 cm³/mol. The van der Waals surface area contributed by atoms with E-state index in [1.54, 1.807) is 41.2 Å². The fourth-order valence-electron chi connectivity index (χ4n) is 1.99. The van der Waals surface area contributed by atoms with Gasteiger partial charge >= 0.3 is 0 Å². The maximum absolute atomic E-state index is 12.2. The molecule has 0 saturated carbocycles. The lowest BCUT2D eigenvalue weighted by molar-refractivity contribution is 0.102. The molecule has 106 valence electrons. The molecule has 0 atom stereocenters.